The SMILES string of the molecule is NCCNCCNC(=O)C(=O)NCCNCCN. The van der Waals surface area contributed by atoms with E-state index in [1.165, 1.54) is 0 Å². The summed E-state index contributed by atoms with van der Waals surface area (Å²) >= 11 is 0. The minimum atomic E-state index is -0.622. The number of carbonyl (C=O) groups excluding carboxylic acids is 2. The molecule has 0 aromatic rings. The molecule has 0 spiro atoms. The van der Waals surface area contributed by atoms with Gasteiger partial charge in [0.2, 0.25) is 0 Å². The topological polar surface area (TPSA) is 134 Å². The first kappa shape index (κ1) is 16.8. The van der Waals surface area contributed by atoms with Crippen LogP contribution in [0, 0.1) is 0 Å². The zero-order valence-corrected chi connectivity index (χ0v) is 10.6. The van der Waals surface area contributed by atoms with Crippen molar-refractivity contribution >= 4 is 11.8 Å². The molecule has 0 atom stereocenters. The highest BCUT2D eigenvalue weighted by molar-refractivity contribution is 6.35. The van der Waals surface area contributed by atoms with Gasteiger partial charge in [-0.15, -0.1) is 0 Å². The van der Waals surface area contributed by atoms with Gasteiger partial charge in [0.15, 0.2) is 0 Å². The standard InChI is InChI=1S/C10H24N6O2/c11-1-3-13-5-7-15-9(17)10(18)16-8-6-14-4-2-12/h13-14H,1-8,11-12H2,(H,15,17)(H,16,18). The van der Waals surface area contributed by atoms with Crippen LogP contribution in [-0.4, -0.2) is 64.2 Å². The van der Waals surface area contributed by atoms with E-state index >= 15 is 0 Å². The van der Waals surface area contributed by atoms with Gasteiger partial charge < -0.3 is 32.7 Å². The van der Waals surface area contributed by atoms with E-state index < -0.39 is 11.8 Å². The van der Waals surface area contributed by atoms with Crippen LogP contribution in [-0.2, 0) is 9.59 Å². The van der Waals surface area contributed by atoms with Crippen molar-refractivity contribution in [3.05, 3.63) is 0 Å². The highest BCUT2D eigenvalue weighted by atomic mass is 16.2. The largest absolute Gasteiger partial charge is 0.347 e. The molecule has 8 heteroatoms. The van der Waals surface area contributed by atoms with Crippen LogP contribution in [0.5, 0.6) is 0 Å². The van der Waals surface area contributed by atoms with E-state index in [2.05, 4.69) is 21.3 Å². The van der Waals surface area contributed by atoms with Crippen LogP contribution in [0.25, 0.3) is 0 Å². The molecule has 106 valence electrons. The molecule has 0 fully saturated rings. The Balaban J connectivity index is 3.43. The summed E-state index contributed by atoms with van der Waals surface area (Å²) < 4.78 is 0. The molecular weight excluding hydrogens is 236 g/mol. The van der Waals surface area contributed by atoms with Gasteiger partial charge in [-0.3, -0.25) is 9.59 Å². The van der Waals surface area contributed by atoms with E-state index in [9.17, 15) is 9.59 Å². The van der Waals surface area contributed by atoms with Crippen LogP contribution in [0.4, 0.5) is 0 Å². The molecule has 0 aliphatic rings. The first-order valence-electron chi connectivity index (χ1n) is 6.10. The van der Waals surface area contributed by atoms with Gasteiger partial charge in [0.05, 0.1) is 0 Å². The number of nitrogens with one attached hydrogen (secondary N) is 4. The van der Waals surface area contributed by atoms with Crippen molar-refractivity contribution in [1.82, 2.24) is 21.3 Å². The van der Waals surface area contributed by atoms with E-state index in [-0.39, 0.29) is 0 Å². The second kappa shape index (κ2) is 12.2. The Kier molecular flexibility index (Phi) is 11.4. The molecule has 0 rings (SSSR count). The summed E-state index contributed by atoms with van der Waals surface area (Å²) in [4.78, 5) is 22.6. The molecule has 8 N–H and O–H groups in total. The molecule has 8 nitrogen and oxygen atoms in total. The lowest BCUT2D eigenvalue weighted by molar-refractivity contribution is -0.139. The van der Waals surface area contributed by atoms with Crippen LogP contribution in [0.2, 0.25) is 0 Å². The summed E-state index contributed by atoms with van der Waals surface area (Å²) in [6.45, 7) is 4.45. The first-order valence-corrected chi connectivity index (χ1v) is 6.10. The highest BCUT2D eigenvalue weighted by Gasteiger charge is 2.10. The molecule has 0 aromatic heterocycles. The molecule has 2 amide bonds. The Hall–Kier alpha value is -1.22. The van der Waals surface area contributed by atoms with Gasteiger partial charge in [0.1, 0.15) is 0 Å². The summed E-state index contributed by atoms with van der Waals surface area (Å²) in [6, 6.07) is 0. The number of carbonyl (C=O) groups is 2. The number of hydrogen-bond acceptors (Lipinski definition) is 6. The molecular formula is C10H24N6O2. The van der Waals surface area contributed by atoms with E-state index in [1.54, 1.807) is 0 Å². The van der Waals surface area contributed by atoms with Gasteiger partial charge in [-0.25, -0.2) is 0 Å². The van der Waals surface area contributed by atoms with Gasteiger partial charge in [-0.05, 0) is 0 Å². The summed E-state index contributed by atoms with van der Waals surface area (Å²) in [5.41, 5.74) is 10.6. The lowest BCUT2D eigenvalue weighted by atomic mass is 10.4. The molecule has 0 heterocycles. The highest BCUT2D eigenvalue weighted by Crippen LogP contribution is 1.69. The maximum atomic E-state index is 11.3. The molecule has 0 saturated heterocycles. The fourth-order valence-electron chi connectivity index (χ4n) is 1.14. The maximum Gasteiger partial charge on any atom is 0.309 e. The third-order valence-electron chi connectivity index (χ3n) is 2.02. The van der Waals surface area contributed by atoms with Gasteiger partial charge in [-0.2, -0.15) is 0 Å². The predicted molar refractivity (Wildman–Crippen MR) is 69.9 cm³/mol. The van der Waals surface area contributed by atoms with Crippen LogP contribution < -0.4 is 32.7 Å². The van der Waals surface area contributed by atoms with Gasteiger partial charge >= 0.3 is 11.8 Å². The van der Waals surface area contributed by atoms with E-state index in [1.807, 2.05) is 0 Å². The summed E-state index contributed by atoms with van der Waals surface area (Å²) in [6.07, 6.45) is 0. The lowest BCUT2D eigenvalue weighted by Crippen LogP contribution is -2.44. The molecule has 18 heavy (non-hydrogen) atoms. The average molecular weight is 260 g/mol. The van der Waals surface area contributed by atoms with Crippen LogP contribution in [0.3, 0.4) is 0 Å². The molecule has 0 aliphatic heterocycles. The fraction of sp³-hybridized carbons (Fsp3) is 0.800. The third kappa shape index (κ3) is 9.97. The van der Waals surface area contributed by atoms with Crippen molar-refractivity contribution in [2.24, 2.45) is 11.5 Å². The van der Waals surface area contributed by atoms with E-state index in [0.29, 0.717) is 52.4 Å². The van der Waals surface area contributed by atoms with E-state index in [0.717, 1.165) is 0 Å². The zero-order valence-electron chi connectivity index (χ0n) is 10.6. The summed E-state index contributed by atoms with van der Waals surface area (Å²) in [5, 5.41) is 11.0. The quantitative estimate of drug-likeness (QED) is 0.177. The van der Waals surface area contributed by atoms with Gasteiger partial charge in [0, 0.05) is 52.4 Å². The number of nitrogens with two attached hydrogens (primary N) is 2. The molecule has 0 aromatic carbocycles. The van der Waals surface area contributed by atoms with E-state index in [4.69, 9.17) is 11.5 Å². The summed E-state index contributed by atoms with van der Waals surface area (Å²) in [7, 11) is 0. The van der Waals surface area contributed by atoms with Crippen LogP contribution >= 0.6 is 0 Å². The van der Waals surface area contributed by atoms with Crippen molar-refractivity contribution in [2.45, 2.75) is 0 Å². The number of rotatable bonds is 10. The normalized spacial score (nSPS) is 10.1. The lowest BCUT2D eigenvalue weighted by Gasteiger charge is -2.07. The van der Waals surface area contributed by atoms with Crippen molar-refractivity contribution in [3.63, 3.8) is 0 Å². The third-order valence-corrected chi connectivity index (χ3v) is 2.02. The second-order valence-corrected chi connectivity index (χ2v) is 3.59. The van der Waals surface area contributed by atoms with Gasteiger partial charge in [0.25, 0.3) is 0 Å². The van der Waals surface area contributed by atoms with Crippen molar-refractivity contribution < 1.29 is 9.59 Å². The Morgan fingerprint density at radius 1 is 0.667 bits per heavy atom. The van der Waals surface area contributed by atoms with Crippen molar-refractivity contribution in [2.75, 3.05) is 52.4 Å². The van der Waals surface area contributed by atoms with Crippen molar-refractivity contribution in [1.29, 1.82) is 0 Å². The fourth-order valence-corrected chi connectivity index (χ4v) is 1.14. The molecule has 0 radical (unpaired) electrons. The Bertz CT molecular complexity index is 212. The van der Waals surface area contributed by atoms with Gasteiger partial charge in [-0.1, -0.05) is 0 Å². The molecule has 0 aliphatic carbocycles. The minimum absolute atomic E-state index is 0.400. The van der Waals surface area contributed by atoms with Crippen LogP contribution in [0.15, 0.2) is 0 Å². The van der Waals surface area contributed by atoms with Crippen molar-refractivity contribution in [3.8, 4) is 0 Å². The minimum Gasteiger partial charge on any atom is -0.347 e. The molecule has 0 bridgehead atoms. The second-order valence-electron chi connectivity index (χ2n) is 3.59. The Morgan fingerprint density at radius 2 is 1.06 bits per heavy atom. The predicted octanol–water partition coefficient (Wildman–Crippen LogP) is -3.68. The number of amides is 2. The molecule has 0 unspecified atom stereocenters. The maximum absolute atomic E-state index is 11.3. The zero-order chi connectivity index (χ0) is 13.6. The first-order chi connectivity index (χ1) is 8.72. The monoisotopic (exact) mass is 260 g/mol. The Morgan fingerprint density at radius 3 is 1.39 bits per heavy atom. The Labute approximate surface area is 107 Å². The number of hydrogen-bond donors (Lipinski definition) is 6. The smallest absolute Gasteiger partial charge is 0.309 e. The average Bonchev–Trinajstić information content (AvgIpc) is 2.37. The summed E-state index contributed by atoms with van der Waals surface area (Å²) in [5.74, 6) is -1.24. The molecule has 0 saturated carbocycles. The van der Waals surface area contributed by atoms with Crippen LogP contribution in [0.1, 0.15) is 0 Å².